The molecule has 2 bridgehead atoms. The minimum absolute atomic E-state index is 0.229. The molecule has 11 heteroatoms. The van der Waals surface area contributed by atoms with E-state index in [9.17, 15) is 24.6 Å². The number of hydrogen-bond acceptors (Lipinski definition) is 11. The minimum atomic E-state index is -1.63. The van der Waals surface area contributed by atoms with Crippen LogP contribution in [-0.2, 0) is 38.1 Å². The van der Waals surface area contributed by atoms with E-state index in [4.69, 9.17) is 28.1 Å². The number of hydrogen-bond donors (Lipinski definition) is 2. The normalized spacial score (nSPS) is 50.3. The van der Waals surface area contributed by atoms with E-state index in [0.29, 0.717) is 18.4 Å². The maximum absolute atomic E-state index is 13.4. The summed E-state index contributed by atoms with van der Waals surface area (Å²) in [4.78, 5) is 38.4. The molecular weight excluding hydrogens is 596 g/mol. The molecule has 14 unspecified atom stereocenters. The highest BCUT2D eigenvalue weighted by atomic mass is 16.6. The van der Waals surface area contributed by atoms with E-state index in [-0.39, 0.29) is 37.4 Å². The van der Waals surface area contributed by atoms with Gasteiger partial charge in [-0.3, -0.25) is 9.59 Å². The largest absolute Gasteiger partial charge is 0.472 e. The van der Waals surface area contributed by atoms with Crippen LogP contribution >= 0.6 is 0 Å². The van der Waals surface area contributed by atoms with Gasteiger partial charge in [0.15, 0.2) is 0 Å². The van der Waals surface area contributed by atoms with E-state index in [1.165, 1.54) is 13.8 Å². The van der Waals surface area contributed by atoms with Gasteiger partial charge in [-0.1, -0.05) is 19.9 Å². The summed E-state index contributed by atoms with van der Waals surface area (Å²) < 4.78 is 37.3. The SMILES string of the molecule is CC=C(C)C(=O)OC1CC(c2ccoc2)C(C)(O)C12OC1CC3C4(C)C(OC(C)=O)CC(OC(C)=O)C5(C)COC(C54)C(O)C32C1. The lowest BCUT2D eigenvalue weighted by molar-refractivity contribution is -0.337. The van der Waals surface area contributed by atoms with E-state index < -0.39 is 81.8 Å². The first-order valence-corrected chi connectivity index (χ1v) is 16.5. The van der Waals surface area contributed by atoms with Crippen LogP contribution in [0, 0.1) is 28.1 Å². The fourth-order valence-electron chi connectivity index (χ4n) is 11.7. The Morgan fingerprint density at radius 3 is 2.30 bits per heavy atom. The molecule has 0 aromatic carbocycles. The van der Waals surface area contributed by atoms with Crippen LogP contribution in [0.25, 0.3) is 0 Å². The number of carbonyl (C=O) groups is 3. The van der Waals surface area contributed by atoms with Gasteiger partial charge in [0.1, 0.15) is 29.5 Å². The molecule has 4 saturated carbocycles. The third-order valence-electron chi connectivity index (χ3n) is 13.4. The summed E-state index contributed by atoms with van der Waals surface area (Å²) in [7, 11) is 0. The molecule has 2 aliphatic heterocycles. The van der Waals surface area contributed by atoms with Crippen LogP contribution in [0.1, 0.15) is 85.6 Å². The fraction of sp³-hybridized carbons (Fsp3) is 0.743. The van der Waals surface area contributed by atoms with Gasteiger partial charge in [0.25, 0.3) is 0 Å². The van der Waals surface area contributed by atoms with Crippen LogP contribution in [0.3, 0.4) is 0 Å². The van der Waals surface area contributed by atoms with Gasteiger partial charge in [0, 0.05) is 53.9 Å². The first kappa shape index (κ1) is 31.8. The zero-order valence-electron chi connectivity index (χ0n) is 27.6. The molecule has 46 heavy (non-hydrogen) atoms. The van der Waals surface area contributed by atoms with E-state index in [0.717, 1.165) is 5.56 Å². The predicted octanol–water partition coefficient (Wildman–Crippen LogP) is 3.60. The number of aliphatic hydroxyl groups excluding tert-OH is 1. The molecule has 3 heterocycles. The summed E-state index contributed by atoms with van der Waals surface area (Å²) in [5, 5.41) is 25.7. The van der Waals surface area contributed by atoms with Crippen LogP contribution in [0.2, 0.25) is 0 Å². The van der Waals surface area contributed by atoms with Crippen molar-refractivity contribution in [2.45, 2.75) is 128 Å². The molecule has 7 rings (SSSR count). The molecule has 0 amide bonds. The molecular formula is C35H46O11. The van der Waals surface area contributed by atoms with Crippen molar-refractivity contribution in [1.82, 2.24) is 0 Å². The van der Waals surface area contributed by atoms with Gasteiger partial charge in [0.2, 0.25) is 0 Å². The summed E-state index contributed by atoms with van der Waals surface area (Å²) in [5.74, 6) is -2.64. The van der Waals surface area contributed by atoms with Gasteiger partial charge in [-0.25, -0.2) is 4.79 Å². The van der Waals surface area contributed by atoms with Crippen molar-refractivity contribution in [2.75, 3.05) is 6.61 Å². The predicted molar refractivity (Wildman–Crippen MR) is 160 cm³/mol. The van der Waals surface area contributed by atoms with Crippen molar-refractivity contribution in [1.29, 1.82) is 0 Å². The standard InChI is InChI=1S/C35H46O11/c1-8-17(2)30(39)45-26-12-22(20-9-10-41-15-20)33(7,40)35(26)34-14-21(46-35)11-23(34)32(6)25(44-19(4)37)13-24(43-18(3)36)31(5)16-42-27(28(31)32)29(34)38/h8-10,15,21-29,38,40H,11-14,16H2,1-7H3. The number of fused-ring (bicyclic) bond motifs is 2. The second kappa shape index (κ2) is 10.1. The average Bonchev–Trinajstić information content (AvgIpc) is 3.80. The van der Waals surface area contributed by atoms with Crippen molar-refractivity contribution in [3.63, 3.8) is 0 Å². The first-order valence-electron chi connectivity index (χ1n) is 16.5. The molecule has 0 radical (unpaired) electrons. The summed E-state index contributed by atoms with van der Waals surface area (Å²) in [6.07, 6.45) is 1.81. The van der Waals surface area contributed by atoms with Crippen LogP contribution < -0.4 is 0 Å². The van der Waals surface area contributed by atoms with Crippen molar-refractivity contribution >= 4 is 17.9 Å². The molecule has 6 fully saturated rings. The molecule has 2 saturated heterocycles. The topological polar surface area (TPSA) is 151 Å². The Labute approximate surface area is 268 Å². The molecule has 14 atom stereocenters. The monoisotopic (exact) mass is 642 g/mol. The third kappa shape index (κ3) is 3.71. The fourth-order valence-corrected chi connectivity index (χ4v) is 11.7. The van der Waals surface area contributed by atoms with Crippen molar-refractivity contribution in [3.05, 3.63) is 35.8 Å². The number of aliphatic hydroxyl groups is 2. The van der Waals surface area contributed by atoms with Gasteiger partial charge >= 0.3 is 17.9 Å². The lowest BCUT2D eigenvalue weighted by atomic mass is 9.38. The number of esters is 3. The van der Waals surface area contributed by atoms with Crippen molar-refractivity contribution in [3.8, 4) is 0 Å². The molecule has 11 nitrogen and oxygen atoms in total. The molecule has 2 N–H and O–H groups in total. The smallest absolute Gasteiger partial charge is 0.333 e. The van der Waals surface area contributed by atoms with E-state index in [1.807, 2.05) is 6.92 Å². The van der Waals surface area contributed by atoms with Crippen LogP contribution in [0.5, 0.6) is 0 Å². The number of rotatable bonds is 5. The summed E-state index contributed by atoms with van der Waals surface area (Å²) in [6, 6.07) is 1.80. The summed E-state index contributed by atoms with van der Waals surface area (Å²) >= 11 is 0. The molecule has 1 aromatic rings. The van der Waals surface area contributed by atoms with Gasteiger partial charge in [-0.15, -0.1) is 0 Å². The van der Waals surface area contributed by atoms with E-state index >= 15 is 0 Å². The lowest BCUT2D eigenvalue weighted by Crippen LogP contribution is -2.79. The molecule has 6 aliphatic rings. The highest BCUT2D eigenvalue weighted by Crippen LogP contribution is 2.80. The van der Waals surface area contributed by atoms with Gasteiger partial charge in [0.05, 0.1) is 37.4 Å². The quantitative estimate of drug-likeness (QED) is 0.275. The molecule has 252 valence electrons. The second-order valence-electron chi connectivity index (χ2n) is 15.4. The number of carbonyl (C=O) groups excluding carboxylic acids is 3. The maximum atomic E-state index is 13.4. The Bertz CT molecular complexity index is 1470. The summed E-state index contributed by atoms with van der Waals surface area (Å²) in [5.41, 5.74) is -4.61. The molecule has 4 aliphatic carbocycles. The lowest BCUT2D eigenvalue weighted by Gasteiger charge is -2.69. The highest BCUT2D eigenvalue weighted by Gasteiger charge is 2.89. The van der Waals surface area contributed by atoms with Gasteiger partial charge < -0.3 is 38.3 Å². The molecule has 1 aromatic heterocycles. The minimum Gasteiger partial charge on any atom is -0.472 e. The number of furan rings is 1. The Kier molecular flexibility index (Phi) is 7.02. The zero-order valence-corrected chi connectivity index (χ0v) is 27.6. The van der Waals surface area contributed by atoms with Crippen LogP contribution in [0.4, 0.5) is 0 Å². The Balaban J connectivity index is 1.43. The van der Waals surface area contributed by atoms with Crippen molar-refractivity contribution in [2.24, 2.45) is 28.1 Å². The Morgan fingerprint density at radius 2 is 1.67 bits per heavy atom. The summed E-state index contributed by atoms with van der Waals surface area (Å²) in [6.45, 7) is 12.3. The zero-order chi connectivity index (χ0) is 33.2. The first-order chi connectivity index (χ1) is 21.6. The third-order valence-corrected chi connectivity index (χ3v) is 13.4. The van der Waals surface area contributed by atoms with Gasteiger partial charge in [-0.05, 0) is 57.6 Å². The highest BCUT2D eigenvalue weighted by molar-refractivity contribution is 5.87. The van der Waals surface area contributed by atoms with Gasteiger partial charge in [-0.2, -0.15) is 0 Å². The van der Waals surface area contributed by atoms with Crippen LogP contribution in [0.15, 0.2) is 34.7 Å². The average molecular weight is 643 g/mol. The van der Waals surface area contributed by atoms with Crippen LogP contribution in [-0.4, -0.2) is 82.6 Å². The second-order valence-corrected chi connectivity index (χ2v) is 15.4. The maximum Gasteiger partial charge on any atom is 0.333 e. The number of ether oxygens (including phenoxy) is 5. The Morgan fingerprint density at radius 1 is 0.978 bits per heavy atom. The van der Waals surface area contributed by atoms with E-state index in [2.05, 4.69) is 6.92 Å². The molecule has 2 spiro atoms. The van der Waals surface area contributed by atoms with Crippen molar-refractivity contribution < 1.29 is 52.7 Å². The Hall–Kier alpha value is -2.73. The number of allylic oxidation sites excluding steroid dienone is 1. The van der Waals surface area contributed by atoms with E-state index in [1.54, 1.807) is 45.4 Å².